The van der Waals surface area contributed by atoms with Gasteiger partial charge in [-0.25, -0.2) is 0 Å². The Hall–Kier alpha value is -5.35. The Bertz CT molecular complexity index is 2240. The van der Waals surface area contributed by atoms with Gasteiger partial charge in [-0.05, 0) is 103 Å². The molecule has 0 unspecified atom stereocenters. The lowest BCUT2D eigenvalue weighted by Gasteiger charge is -2.37. The van der Waals surface area contributed by atoms with Gasteiger partial charge in [0.2, 0.25) is 0 Å². The summed E-state index contributed by atoms with van der Waals surface area (Å²) in [5.74, 6) is 0. The van der Waals surface area contributed by atoms with E-state index in [1.807, 2.05) is 0 Å². The largest absolute Gasteiger partial charge is 0.309 e. The third kappa shape index (κ3) is 6.26. The molecule has 0 fully saturated rings. The van der Waals surface area contributed by atoms with Crippen molar-refractivity contribution in [3.8, 4) is 0 Å². The number of benzene rings is 7. The zero-order chi connectivity index (χ0) is 37.7. The second-order valence-electron chi connectivity index (χ2n) is 16.5. The van der Waals surface area contributed by atoms with Crippen molar-refractivity contribution in [2.75, 3.05) is 9.80 Å². The topological polar surface area (TPSA) is 6.48 Å². The Kier molecular flexibility index (Phi) is 9.12. The van der Waals surface area contributed by atoms with E-state index in [2.05, 4.69) is 227 Å². The molecule has 6 bridgehead atoms. The Morgan fingerprint density at radius 1 is 0.370 bits per heavy atom. The molecule has 7 aromatic carbocycles. The molecule has 54 heavy (non-hydrogen) atoms. The highest BCUT2D eigenvalue weighted by molar-refractivity contribution is 7.20. The summed E-state index contributed by atoms with van der Waals surface area (Å²) >= 11 is 7.73. The predicted octanol–water partition coefficient (Wildman–Crippen LogP) is 11.6. The molecule has 0 spiro atoms. The molecule has 8 rings (SSSR count). The van der Waals surface area contributed by atoms with Crippen LogP contribution in [0.4, 0.5) is 34.1 Å². The van der Waals surface area contributed by atoms with Gasteiger partial charge in [-0.15, -0.1) is 0 Å². The minimum absolute atomic E-state index is 0.0319. The lowest BCUT2D eigenvalue weighted by atomic mass is 9.87. The Labute approximate surface area is 327 Å². The maximum atomic E-state index is 7.73. The quantitative estimate of drug-likeness (QED) is 0.166. The summed E-state index contributed by atoms with van der Waals surface area (Å²) in [6, 6.07) is 65.2. The number of halogens is 1. The normalized spacial score (nSPS) is 13.9. The summed E-state index contributed by atoms with van der Waals surface area (Å²) in [6.45, 7) is 13.6. The first-order valence-corrected chi connectivity index (χ1v) is 21.3. The molecule has 7 aromatic rings. The van der Waals surface area contributed by atoms with Crippen molar-refractivity contribution in [1.29, 1.82) is 0 Å². The molecule has 1 aliphatic heterocycles. The van der Waals surface area contributed by atoms with Crippen LogP contribution in [-0.2, 0) is 10.8 Å². The van der Waals surface area contributed by atoms with Gasteiger partial charge in [0, 0.05) is 22.7 Å². The smallest absolute Gasteiger partial charge is 0.179 e. The lowest BCUT2D eigenvalue weighted by Crippen LogP contribution is -2.74. The highest BCUT2D eigenvalue weighted by Gasteiger charge is 2.42. The molecule has 2 nitrogen and oxygen atoms in total. The highest BCUT2D eigenvalue weighted by Crippen LogP contribution is 2.47. The van der Waals surface area contributed by atoms with Crippen LogP contribution >= 0.6 is 11.6 Å². The van der Waals surface area contributed by atoms with Crippen LogP contribution < -0.4 is 30.5 Å². The second kappa shape index (κ2) is 13.8. The van der Waals surface area contributed by atoms with Crippen molar-refractivity contribution >= 4 is 74.5 Å². The number of anilines is 6. The summed E-state index contributed by atoms with van der Waals surface area (Å²) in [7, 11) is -2.91. The van der Waals surface area contributed by atoms with E-state index in [0.29, 0.717) is 5.02 Å². The Balaban J connectivity index is 1.50. The average Bonchev–Trinajstić information content (AvgIpc) is 3.17. The summed E-state index contributed by atoms with van der Waals surface area (Å²) in [5.41, 5.74) is 8.74. The molecule has 268 valence electrons. The van der Waals surface area contributed by atoms with Crippen molar-refractivity contribution in [2.24, 2.45) is 0 Å². The van der Waals surface area contributed by atoms with Gasteiger partial charge in [0.25, 0.3) is 0 Å². The van der Waals surface area contributed by atoms with E-state index < -0.39 is 8.07 Å². The molecule has 0 amide bonds. The SMILES string of the molecule is CC(C)(C)c1ccc(N2c3cccc(c3)[Si](c3ccccc3)(c3ccccc3)c3cccc(c3)N(c3ccc(C(C)(C)C)cc3)c3cccc2c3Cl)cc1. The number of nitrogens with zero attached hydrogens (tertiary/aromatic N) is 2. The fourth-order valence-corrected chi connectivity index (χ4v) is 13.2. The van der Waals surface area contributed by atoms with Gasteiger partial charge in [-0.1, -0.05) is 168 Å². The van der Waals surface area contributed by atoms with Gasteiger partial charge in [0.05, 0.1) is 16.4 Å². The van der Waals surface area contributed by atoms with Gasteiger partial charge in [-0.2, -0.15) is 0 Å². The van der Waals surface area contributed by atoms with E-state index in [1.165, 1.54) is 31.9 Å². The third-order valence-electron chi connectivity index (χ3n) is 10.9. The molecule has 0 aliphatic carbocycles. The number of fused-ring (bicyclic) bond motifs is 6. The van der Waals surface area contributed by atoms with Crippen LogP contribution in [0.5, 0.6) is 0 Å². The van der Waals surface area contributed by atoms with E-state index in [0.717, 1.165) is 34.1 Å². The Morgan fingerprint density at radius 2 is 0.722 bits per heavy atom. The average molecular weight is 739 g/mol. The zero-order valence-electron chi connectivity index (χ0n) is 32.0. The van der Waals surface area contributed by atoms with Crippen molar-refractivity contribution in [2.45, 2.75) is 52.4 Å². The van der Waals surface area contributed by atoms with Crippen molar-refractivity contribution in [3.05, 3.63) is 192 Å². The maximum Gasteiger partial charge on any atom is 0.179 e. The molecular formula is C50H47ClN2Si. The van der Waals surface area contributed by atoms with Crippen LogP contribution in [0.15, 0.2) is 176 Å². The summed E-state index contributed by atoms with van der Waals surface area (Å²) < 4.78 is 0. The van der Waals surface area contributed by atoms with Crippen LogP contribution in [0.3, 0.4) is 0 Å². The van der Waals surface area contributed by atoms with Crippen LogP contribution in [-0.4, -0.2) is 8.07 Å². The number of hydrogen-bond donors (Lipinski definition) is 0. The van der Waals surface area contributed by atoms with E-state index in [4.69, 9.17) is 11.6 Å². The minimum atomic E-state index is -2.91. The standard InChI is InChI=1S/C50H47ClN2Si/c1-49(2,3)36-26-30-38(31-27-36)52-40-16-13-22-44(34-40)54(42-18-9-7-10-19-42,43-20-11-8-12-21-43)45-23-14-17-41(35-45)53(47-25-15-24-46(52)48(47)51)39-32-28-37(29-33-39)50(4,5)6/h7-35H,1-6H3. The Morgan fingerprint density at radius 3 is 1.09 bits per heavy atom. The van der Waals surface area contributed by atoms with Crippen molar-refractivity contribution in [3.63, 3.8) is 0 Å². The number of hydrogen-bond acceptors (Lipinski definition) is 2. The first-order chi connectivity index (χ1) is 26.0. The monoisotopic (exact) mass is 738 g/mol. The molecule has 0 atom stereocenters. The first kappa shape index (κ1) is 35.7. The highest BCUT2D eigenvalue weighted by atomic mass is 35.5. The van der Waals surface area contributed by atoms with Gasteiger partial charge in [0.1, 0.15) is 0 Å². The number of rotatable bonds is 4. The molecule has 0 aromatic heterocycles. The van der Waals surface area contributed by atoms with E-state index in [1.54, 1.807) is 0 Å². The lowest BCUT2D eigenvalue weighted by molar-refractivity contribution is 0.590. The van der Waals surface area contributed by atoms with Gasteiger partial charge in [0.15, 0.2) is 8.07 Å². The second-order valence-corrected chi connectivity index (χ2v) is 20.6. The molecule has 0 radical (unpaired) electrons. The van der Waals surface area contributed by atoms with Gasteiger partial charge >= 0.3 is 0 Å². The fraction of sp³-hybridized carbons (Fsp3) is 0.160. The van der Waals surface area contributed by atoms with Crippen LogP contribution in [0.2, 0.25) is 5.02 Å². The van der Waals surface area contributed by atoms with Gasteiger partial charge in [-0.3, -0.25) is 0 Å². The third-order valence-corrected chi connectivity index (χ3v) is 16.1. The minimum Gasteiger partial charge on any atom is -0.309 e. The summed E-state index contributed by atoms with van der Waals surface area (Å²) in [4.78, 5) is 4.68. The molecular weight excluding hydrogens is 692 g/mol. The summed E-state index contributed by atoms with van der Waals surface area (Å²) in [6.07, 6.45) is 0. The van der Waals surface area contributed by atoms with E-state index >= 15 is 0 Å². The van der Waals surface area contributed by atoms with E-state index in [-0.39, 0.29) is 10.8 Å². The van der Waals surface area contributed by atoms with Crippen LogP contribution in [0.25, 0.3) is 0 Å². The van der Waals surface area contributed by atoms with E-state index in [9.17, 15) is 0 Å². The molecule has 0 saturated heterocycles. The first-order valence-electron chi connectivity index (χ1n) is 18.9. The molecule has 1 aliphatic rings. The summed E-state index contributed by atoms with van der Waals surface area (Å²) in [5, 5.41) is 5.96. The van der Waals surface area contributed by atoms with Crippen LogP contribution in [0.1, 0.15) is 52.7 Å². The molecule has 1 heterocycles. The van der Waals surface area contributed by atoms with Gasteiger partial charge < -0.3 is 9.80 Å². The zero-order valence-corrected chi connectivity index (χ0v) is 33.8. The molecule has 4 heteroatoms. The molecule has 0 saturated carbocycles. The maximum absolute atomic E-state index is 7.73. The van der Waals surface area contributed by atoms with Crippen molar-refractivity contribution < 1.29 is 0 Å². The van der Waals surface area contributed by atoms with Crippen LogP contribution in [0, 0.1) is 0 Å². The predicted molar refractivity (Wildman–Crippen MR) is 235 cm³/mol. The molecule has 0 N–H and O–H groups in total. The fourth-order valence-electron chi connectivity index (χ4n) is 8.06. The van der Waals surface area contributed by atoms with Crippen molar-refractivity contribution in [1.82, 2.24) is 0 Å².